The first-order valence-electron chi connectivity index (χ1n) is 9.62. The van der Waals surface area contributed by atoms with E-state index in [2.05, 4.69) is 4.98 Å². The van der Waals surface area contributed by atoms with Crippen LogP contribution in [0.1, 0.15) is 35.2 Å². The summed E-state index contributed by atoms with van der Waals surface area (Å²) in [7, 11) is 1.32. The Bertz CT molecular complexity index is 1010. The Morgan fingerprint density at radius 1 is 1.14 bits per heavy atom. The molecule has 0 radical (unpaired) electrons. The number of benzene rings is 2. The Kier molecular flexibility index (Phi) is 5.46. The molecule has 0 bridgehead atoms. The highest BCUT2D eigenvalue weighted by molar-refractivity contribution is 6.01. The smallest absolute Gasteiger partial charge is 0.341 e. The number of rotatable bonds is 5. The molecule has 0 saturated carbocycles. The fraction of sp³-hybridized carbons (Fsp3) is 0.318. The average Bonchev–Trinajstić information content (AvgIpc) is 3.22. The molecule has 4 rings (SSSR count). The van der Waals surface area contributed by atoms with Crippen LogP contribution in [0.25, 0.3) is 11.1 Å². The first kappa shape index (κ1) is 19.0. The van der Waals surface area contributed by atoms with Gasteiger partial charge in [-0.1, -0.05) is 36.4 Å². The predicted molar refractivity (Wildman–Crippen MR) is 107 cm³/mol. The number of nitrogens with zero attached hydrogens (tertiary/aromatic N) is 2. The molecule has 0 spiro atoms. The van der Waals surface area contributed by atoms with Crippen molar-refractivity contribution in [3.05, 3.63) is 59.7 Å². The number of piperidine rings is 1. The van der Waals surface area contributed by atoms with Gasteiger partial charge in [0.25, 0.3) is 6.01 Å². The second kappa shape index (κ2) is 8.34. The van der Waals surface area contributed by atoms with Gasteiger partial charge in [-0.3, -0.25) is 0 Å². The Morgan fingerprint density at radius 3 is 2.76 bits per heavy atom. The van der Waals surface area contributed by atoms with E-state index >= 15 is 0 Å². The minimum absolute atomic E-state index is 0.226. The maximum absolute atomic E-state index is 12.8. The van der Waals surface area contributed by atoms with Gasteiger partial charge < -0.3 is 18.8 Å². The highest BCUT2D eigenvalue weighted by Crippen LogP contribution is 2.30. The van der Waals surface area contributed by atoms with E-state index in [9.17, 15) is 9.59 Å². The summed E-state index contributed by atoms with van der Waals surface area (Å²) in [6, 6.07) is 14.5. The third-order valence-electron chi connectivity index (χ3n) is 5.05. The van der Waals surface area contributed by atoms with Crippen molar-refractivity contribution in [3.63, 3.8) is 0 Å². The summed E-state index contributed by atoms with van der Waals surface area (Å²) in [6.07, 6.45) is 2.51. The van der Waals surface area contributed by atoms with E-state index < -0.39 is 12.0 Å². The zero-order chi connectivity index (χ0) is 20.2. The van der Waals surface area contributed by atoms with Gasteiger partial charge in [0.1, 0.15) is 23.7 Å². The molecule has 0 amide bonds. The number of oxazole rings is 1. The number of methoxy groups -OCH3 is 1. The van der Waals surface area contributed by atoms with Crippen molar-refractivity contribution in [2.45, 2.75) is 31.9 Å². The highest BCUT2D eigenvalue weighted by atomic mass is 16.5. The molecular formula is C22H22N2O5. The summed E-state index contributed by atoms with van der Waals surface area (Å²) in [6.45, 7) is 0.857. The van der Waals surface area contributed by atoms with Crippen LogP contribution in [0.5, 0.6) is 0 Å². The van der Waals surface area contributed by atoms with Crippen LogP contribution < -0.4 is 4.90 Å². The number of hydrogen-bond donors (Lipinski definition) is 0. The number of anilines is 1. The summed E-state index contributed by atoms with van der Waals surface area (Å²) in [5, 5.41) is 0. The van der Waals surface area contributed by atoms with Crippen molar-refractivity contribution in [1.29, 1.82) is 0 Å². The standard InChI is InChI=1S/C22H22N2O5/c1-27-20(25)16-10-7-11-17-19(16)29-22(23-17)24-13-6-5-12-18(24)21(26)28-14-15-8-3-2-4-9-15/h2-4,7-11,18H,5-6,12-14H2,1H3/t18-/m0/s1. The highest BCUT2D eigenvalue weighted by Gasteiger charge is 2.33. The normalized spacial score (nSPS) is 16.6. The van der Waals surface area contributed by atoms with Gasteiger partial charge in [-0.25, -0.2) is 9.59 Å². The van der Waals surface area contributed by atoms with Crippen LogP contribution in [0, 0.1) is 0 Å². The largest absolute Gasteiger partial charge is 0.465 e. The number of carbonyl (C=O) groups excluding carboxylic acids is 2. The molecule has 2 heterocycles. The Hall–Kier alpha value is -3.35. The topological polar surface area (TPSA) is 81.9 Å². The third-order valence-corrected chi connectivity index (χ3v) is 5.05. The monoisotopic (exact) mass is 394 g/mol. The molecule has 7 heteroatoms. The quantitative estimate of drug-likeness (QED) is 0.610. The first-order valence-corrected chi connectivity index (χ1v) is 9.62. The fourth-order valence-corrected chi connectivity index (χ4v) is 3.56. The van der Waals surface area contributed by atoms with Crippen molar-refractivity contribution in [2.75, 3.05) is 18.6 Å². The van der Waals surface area contributed by atoms with Crippen LogP contribution in [0.15, 0.2) is 52.9 Å². The van der Waals surface area contributed by atoms with Crippen LogP contribution in [0.2, 0.25) is 0 Å². The second-order valence-electron chi connectivity index (χ2n) is 6.94. The van der Waals surface area contributed by atoms with E-state index in [-0.39, 0.29) is 12.6 Å². The lowest BCUT2D eigenvalue weighted by molar-refractivity contribution is -0.147. The Balaban J connectivity index is 1.57. The van der Waals surface area contributed by atoms with E-state index in [0.29, 0.717) is 35.6 Å². The maximum atomic E-state index is 12.8. The number of hydrogen-bond acceptors (Lipinski definition) is 7. The fourth-order valence-electron chi connectivity index (χ4n) is 3.56. The number of ether oxygens (including phenoxy) is 2. The number of fused-ring (bicyclic) bond motifs is 1. The SMILES string of the molecule is COC(=O)c1cccc2nc(N3CCCC[C@H]3C(=O)OCc3ccccc3)oc12. The Labute approximate surface area is 168 Å². The van der Waals surface area contributed by atoms with Gasteiger partial charge in [0, 0.05) is 6.54 Å². The summed E-state index contributed by atoms with van der Waals surface area (Å²) in [5.41, 5.74) is 2.15. The zero-order valence-electron chi connectivity index (χ0n) is 16.2. The molecule has 3 aromatic rings. The van der Waals surface area contributed by atoms with Crippen molar-refractivity contribution in [3.8, 4) is 0 Å². The van der Waals surface area contributed by atoms with Crippen LogP contribution in [0.4, 0.5) is 6.01 Å². The summed E-state index contributed by atoms with van der Waals surface area (Å²) < 4.78 is 16.3. The number of esters is 2. The lowest BCUT2D eigenvalue weighted by Crippen LogP contribution is -2.45. The molecule has 1 aromatic heterocycles. The van der Waals surface area contributed by atoms with Crippen molar-refractivity contribution >= 4 is 29.1 Å². The lowest BCUT2D eigenvalue weighted by Gasteiger charge is -2.32. The van der Waals surface area contributed by atoms with E-state index in [0.717, 1.165) is 18.4 Å². The van der Waals surface area contributed by atoms with Gasteiger partial charge in [0.05, 0.1) is 7.11 Å². The molecule has 1 atom stereocenters. The van der Waals surface area contributed by atoms with Crippen molar-refractivity contribution < 1.29 is 23.5 Å². The number of aromatic nitrogens is 1. The van der Waals surface area contributed by atoms with Gasteiger partial charge in [0.15, 0.2) is 5.58 Å². The molecular weight excluding hydrogens is 372 g/mol. The summed E-state index contributed by atoms with van der Waals surface area (Å²) in [4.78, 5) is 31.1. The molecule has 1 fully saturated rings. The van der Waals surface area contributed by atoms with Crippen LogP contribution in [0.3, 0.4) is 0 Å². The van der Waals surface area contributed by atoms with Gasteiger partial charge in [0.2, 0.25) is 0 Å². The zero-order valence-corrected chi connectivity index (χ0v) is 16.2. The van der Waals surface area contributed by atoms with Crippen LogP contribution in [-0.4, -0.2) is 36.6 Å². The molecule has 0 N–H and O–H groups in total. The van der Waals surface area contributed by atoms with Crippen LogP contribution in [-0.2, 0) is 20.9 Å². The molecule has 1 aliphatic heterocycles. The number of para-hydroxylation sites is 1. The summed E-state index contributed by atoms with van der Waals surface area (Å²) >= 11 is 0. The Morgan fingerprint density at radius 2 is 1.97 bits per heavy atom. The molecule has 7 nitrogen and oxygen atoms in total. The summed E-state index contributed by atoms with van der Waals surface area (Å²) in [5.74, 6) is -0.792. The molecule has 0 unspecified atom stereocenters. The predicted octanol–water partition coefficient (Wildman–Crippen LogP) is 3.72. The average molecular weight is 394 g/mol. The minimum Gasteiger partial charge on any atom is -0.465 e. The molecule has 29 heavy (non-hydrogen) atoms. The maximum Gasteiger partial charge on any atom is 0.341 e. The molecule has 1 aliphatic rings. The molecule has 0 aliphatic carbocycles. The van der Waals surface area contributed by atoms with Gasteiger partial charge in [-0.2, -0.15) is 4.98 Å². The minimum atomic E-state index is -0.490. The molecule has 150 valence electrons. The van der Waals surface area contributed by atoms with Gasteiger partial charge in [-0.15, -0.1) is 0 Å². The third kappa shape index (κ3) is 3.94. The van der Waals surface area contributed by atoms with E-state index in [4.69, 9.17) is 13.9 Å². The second-order valence-corrected chi connectivity index (χ2v) is 6.94. The van der Waals surface area contributed by atoms with Crippen LogP contribution >= 0.6 is 0 Å². The van der Waals surface area contributed by atoms with Gasteiger partial charge in [-0.05, 0) is 37.0 Å². The molecule has 1 saturated heterocycles. The number of carbonyl (C=O) groups is 2. The van der Waals surface area contributed by atoms with E-state index in [1.165, 1.54) is 7.11 Å². The molecule has 2 aromatic carbocycles. The lowest BCUT2D eigenvalue weighted by atomic mass is 10.0. The van der Waals surface area contributed by atoms with Crippen molar-refractivity contribution in [2.24, 2.45) is 0 Å². The van der Waals surface area contributed by atoms with E-state index in [1.54, 1.807) is 18.2 Å². The first-order chi connectivity index (χ1) is 14.2. The van der Waals surface area contributed by atoms with Gasteiger partial charge >= 0.3 is 11.9 Å². The van der Waals surface area contributed by atoms with Crippen molar-refractivity contribution in [1.82, 2.24) is 4.98 Å². The van der Waals surface area contributed by atoms with E-state index in [1.807, 2.05) is 35.2 Å².